The van der Waals surface area contributed by atoms with Gasteiger partial charge in [0.25, 0.3) is 5.91 Å². The Bertz CT molecular complexity index is 947. The lowest BCUT2D eigenvalue weighted by Gasteiger charge is -2.32. The van der Waals surface area contributed by atoms with Gasteiger partial charge in [0, 0.05) is 42.1 Å². The Morgan fingerprint density at radius 1 is 1.18 bits per heavy atom. The lowest BCUT2D eigenvalue weighted by atomic mass is 9.96. The molecule has 0 aliphatic carbocycles. The number of nitrogens with two attached hydrogens (primary N) is 1. The summed E-state index contributed by atoms with van der Waals surface area (Å²) in [6.07, 6.45) is 3.06. The first kappa shape index (κ1) is 18.0. The van der Waals surface area contributed by atoms with Gasteiger partial charge in [-0.3, -0.25) is 9.59 Å². The van der Waals surface area contributed by atoms with E-state index in [1.807, 2.05) is 24.3 Å². The first-order valence-electron chi connectivity index (χ1n) is 9.24. The summed E-state index contributed by atoms with van der Waals surface area (Å²) < 4.78 is 14.1. The van der Waals surface area contributed by atoms with E-state index in [-0.39, 0.29) is 28.9 Å². The van der Waals surface area contributed by atoms with Crippen molar-refractivity contribution in [1.82, 2.24) is 0 Å². The topological polar surface area (TPSA) is 87.5 Å². The molecule has 2 heterocycles. The molecular formula is C21H21FN4O2. The van der Waals surface area contributed by atoms with Crippen LogP contribution in [0.3, 0.4) is 0 Å². The highest BCUT2D eigenvalue weighted by Crippen LogP contribution is 2.33. The van der Waals surface area contributed by atoms with E-state index in [2.05, 4.69) is 15.5 Å². The van der Waals surface area contributed by atoms with Crippen molar-refractivity contribution in [1.29, 1.82) is 0 Å². The number of carbonyl (C=O) groups excluding carboxylic acids is 2. The van der Waals surface area contributed by atoms with Crippen LogP contribution in [-0.4, -0.2) is 24.9 Å². The third-order valence-electron chi connectivity index (χ3n) is 5.29. The van der Waals surface area contributed by atoms with Gasteiger partial charge in [-0.1, -0.05) is 6.07 Å². The fourth-order valence-electron chi connectivity index (χ4n) is 3.69. The largest absolute Gasteiger partial charge is 0.371 e. The molecule has 4 N–H and O–H groups in total. The van der Waals surface area contributed by atoms with Crippen LogP contribution in [0.4, 0.5) is 21.5 Å². The maximum absolute atomic E-state index is 14.1. The number of amides is 2. The summed E-state index contributed by atoms with van der Waals surface area (Å²) in [6, 6.07) is 12.3. The number of nitrogens with one attached hydrogen (secondary N) is 2. The number of halogens is 1. The maximum atomic E-state index is 14.1. The summed E-state index contributed by atoms with van der Waals surface area (Å²) in [5, 5.41) is 5.73. The fraction of sp³-hybridized carbons (Fsp3) is 0.238. The second-order valence-corrected chi connectivity index (χ2v) is 7.03. The molecule has 6 nitrogen and oxygen atoms in total. The van der Waals surface area contributed by atoms with Crippen LogP contribution in [0.5, 0.6) is 0 Å². The molecule has 2 aromatic rings. The molecule has 0 radical (unpaired) electrons. The molecule has 0 atom stereocenters. The first-order valence-corrected chi connectivity index (χ1v) is 9.24. The van der Waals surface area contributed by atoms with Crippen molar-refractivity contribution in [2.45, 2.75) is 12.8 Å². The summed E-state index contributed by atoms with van der Waals surface area (Å²) in [5.74, 6) is -1.02. The van der Waals surface area contributed by atoms with E-state index in [1.165, 1.54) is 12.3 Å². The summed E-state index contributed by atoms with van der Waals surface area (Å²) in [4.78, 5) is 25.6. The van der Waals surface area contributed by atoms with Crippen molar-refractivity contribution in [3.63, 3.8) is 0 Å². The number of fused-ring (bicyclic) bond motifs is 1. The van der Waals surface area contributed by atoms with Gasteiger partial charge in [-0.25, -0.2) is 4.39 Å². The number of rotatable bonds is 4. The predicted molar refractivity (Wildman–Crippen MR) is 107 cm³/mol. The van der Waals surface area contributed by atoms with Crippen molar-refractivity contribution in [3.8, 4) is 0 Å². The molecule has 0 bridgehead atoms. The Morgan fingerprint density at radius 2 is 1.89 bits per heavy atom. The molecule has 2 aromatic carbocycles. The van der Waals surface area contributed by atoms with Crippen molar-refractivity contribution < 1.29 is 14.0 Å². The molecule has 0 unspecified atom stereocenters. The van der Waals surface area contributed by atoms with Crippen LogP contribution >= 0.6 is 0 Å². The van der Waals surface area contributed by atoms with E-state index >= 15 is 0 Å². The Balaban J connectivity index is 1.44. The molecule has 7 heteroatoms. The lowest BCUT2D eigenvalue weighted by Crippen LogP contribution is -2.38. The maximum Gasteiger partial charge on any atom is 0.257 e. The van der Waals surface area contributed by atoms with Gasteiger partial charge in [-0.2, -0.15) is 0 Å². The Labute approximate surface area is 162 Å². The third-order valence-corrected chi connectivity index (χ3v) is 5.29. The van der Waals surface area contributed by atoms with E-state index < -0.39 is 5.82 Å². The number of carbonyl (C=O) groups is 2. The van der Waals surface area contributed by atoms with E-state index in [1.54, 1.807) is 12.1 Å². The average molecular weight is 380 g/mol. The predicted octanol–water partition coefficient (Wildman–Crippen LogP) is 2.93. The van der Waals surface area contributed by atoms with Crippen molar-refractivity contribution >= 4 is 34.4 Å². The molecule has 4 rings (SSSR count). The monoisotopic (exact) mass is 380 g/mol. The number of benzene rings is 2. The van der Waals surface area contributed by atoms with Gasteiger partial charge < -0.3 is 21.3 Å². The molecule has 0 saturated carbocycles. The van der Waals surface area contributed by atoms with Crippen LogP contribution in [0.1, 0.15) is 18.4 Å². The van der Waals surface area contributed by atoms with Crippen LogP contribution in [0.15, 0.2) is 48.7 Å². The zero-order valence-electron chi connectivity index (χ0n) is 15.2. The van der Waals surface area contributed by atoms with Crippen molar-refractivity contribution in [2.24, 2.45) is 11.7 Å². The molecule has 1 fully saturated rings. The first-order chi connectivity index (χ1) is 13.5. The van der Waals surface area contributed by atoms with Crippen LogP contribution in [0.25, 0.3) is 5.57 Å². The molecule has 0 aromatic heterocycles. The normalized spacial score (nSPS) is 18.1. The van der Waals surface area contributed by atoms with Gasteiger partial charge in [-0.05, 0) is 49.2 Å². The van der Waals surface area contributed by atoms with Gasteiger partial charge in [0.1, 0.15) is 5.82 Å². The average Bonchev–Trinajstić information content (AvgIpc) is 3.03. The van der Waals surface area contributed by atoms with Crippen LogP contribution in [-0.2, 0) is 9.59 Å². The molecule has 2 aliphatic heterocycles. The van der Waals surface area contributed by atoms with Crippen molar-refractivity contribution in [3.05, 3.63) is 60.0 Å². The number of primary amides is 1. The van der Waals surface area contributed by atoms with E-state index in [9.17, 15) is 14.0 Å². The van der Waals surface area contributed by atoms with Gasteiger partial charge >= 0.3 is 0 Å². The summed E-state index contributed by atoms with van der Waals surface area (Å²) in [6.45, 7) is 1.58. The summed E-state index contributed by atoms with van der Waals surface area (Å²) in [7, 11) is 0. The quantitative estimate of drug-likeness (QED) is 0.712. The fourth-order valence-corrected chi connectivity index (χ4v) is 3.69. The molecular weight excluding hydrogens is 359 g/mol. The second-order valence-electron chi connectivity index (χ2n) is 7.03. The molecule has 28 heavy (non-hydrogen) atoms. The highest BCUT2D eigenvalue weighted by atomic mass is 19.1. The Morgan fingerprint density at radius 3 is 2.57 bits per heavy atom. The zero-order chi connectivity index (χ0) is 19.7. The molecule has 1 saturated heterocycles. The molecule has 0 spiro atoms. The molecule has 144 valence electrons. The standard InChI is InChI=1S/C21H21FN4O2/c22-17-2-1-3-18-19(17)16(21(28)25-18)12-24-14-4-6-15(7-5-14)26-10-8-13(9-11-26)20(23)27/h1-7,12-13,24H,8-11H2,(H2,23,27)(H,25,28)/b16-12-. The van der Waals surface area contributed by atoms with Crippen LogP contribution < -0.4 is 21.3 Å². The van der Waals surface area contributed by atoms with Crippen LogP contribution in [0.2, 0.25) is 0 Å². The van der Waals surface area contributed by atoms with Gasteiger partial charge in [-0.15, -0.1) is 0 Å². The number of nitrogens with zero attached hydrogens (tertiary/aromatic N) is 1. The smallest absolute Gasteiger partial charge is 0.257 e. The third kappa shape index (κ3) is 3.43. The lowest BCUT2D eigenvalue weighted by molar-refractivity contribution is -0.122. The summed E-state index contributed by atoms with van der Waals surface area (Å²) >= 11 is 0. The summed E-state index contributed by atoms with van der Waals surface area (Å²) in [5.41, 5.74) is 8.28. The molecule has 2 aliphatic rings. The van der Waals surface area contributed by atoms with Crippen molar-refractivity contribution in [2.75, 3.05) is 28.6 Å². The number of hydrogen-bond donors (Lipinski definition) is 3. The van der Waals surface area contributed by atoms with Gasteiger partial charge in [0.05, 0.1) is 11.3 Å². The van der Waals surface area contributed by atoms with Gasteiger partial charge in [0.15, 0.2) is 0 Å². The van der Waals surface area contributed by atoms with Gasteiger partial charge in [0.2, 0.25) is 5.91 Å². The second kappa shape index (κ2) is 7.34. The minimum Gasteiger partial charge on any atom is -0.371 e. The minimum atomic E-state index is -0.432. The highest BCUT2D eigenvalue weighted by Gasteiger charge is 2.27. The van der Waals surface area contributed by atoms with Crippen LogP contribution in [0, 0.1) is 11.7 Å². The Hall–Kier alpha value is -3.35. The number of piperidine rings is 1. The van der Waals surface area contributed by atoms with E-state index in [4.69, 9.17) is 5.73 Å². The zero-order valence-corrected chi connectivity index (χ0v) is 15.2. The number of anilines is 3. The highest BCUT2D eigenvalue weighted by molar-refractivity contribution is 6.31. The number of hydrogen-bond acceptors (Lipinski definition) is 4. The SMILES string of the molecule is NC(=O)C1CCN(c2ccc(N/C=C3\C(=O)Nc4cccc(F)c43)cc2)CC1. The minimum absolute atomic E-state index is 0.0374. The van der Waals surface area contributed by atoms with E-state index in [0.29, 0.717) is 5.69 Å². The Kier molecular flexibility index (Phi) is 4.73. The molecule has 2 amide bonds. The van der Waals surface area contributed by atoms with E-state index in [0.717, 1.165) is 37.3 Å².